The lowest BCUT2D eigenvalue weighted by Gasteiger charge is -2.19. The van der Waals surface area contributed by atoms with Crippen molar-refractivity contribution >= 4 is 23.3 Å². The number of carbonyl (C=O) groups is 2. The fourth-order valence-electron chi connectivity index (χ4n) is 3.19. The van der Waals surface area contributed by atoms with Crippen LogP contribution >= 0.6 is 0 Å². The van der Waals surface area contributed by atoms with Gasteiger partial charge in [0.05, 0.1) is 10.5 Å². The van der Waals surface area contributed by atoms with Crippen molar-refractivity contribution in [3.8, 4) is 0 Å². The second kappa shape index (κ2) is 9.73. The van der Waals surface area contributed by atoms with Crippen LogP contribution in [0.1, 0.15) is 27.8 Å². The molecule has 166 valence electrons. The number of benzene rings is 2. The Hall–Kier alpha value is -4.21. The van der Waals surface area contributed by atoms with E-state index in [-0.39, 0.29) is 11.3 Å². The third kappa shape index (κ3) is 5.09. The minimum atomic E-state index is -0.832. The molecule has 10 nitrogen and oxygen atoms in total. The van der Waals surface area contributed by atoms with Gasteiger partial charge in [-0.15, -0.1) is 0 Å². The molecule has 1 amide bonds. The maximum atomic E-state index is 12.5. The molecule has 3 aromatic rings. The van der Waals surface area contributed by atoms with E-state index in [9.17, 15) is 19.7 Å². The molecule has 3 rings (SSSR count). The van der Waals surface area contributed by atoms with E-state index in [2.05, 4.69) is 10.3 Å². The van der Waals surface area contributed by atoms with Crippen LogP contribution in [0.5, 0.6) is 0 Å². The van der Waals surface area contributed by atoms with E-state index >= 15 is 0 Å². The van der Waals surface area contributed by atoms with Crippen molar-refractivity contribution in [3.05, 3.63) is 88.0 Å². The summed E-state index contributed by atoms with van der Waals surface area (Å²) in [6.07, 6.45) is 3.39. The Labute approximate surface area is 184 Å². The second-order valence-electron chi connectivity index (χ2n) is 7.24. The molecule has 1 aromatic heterocycles. The number of rotatable bonds is 8. The summed E-state index contributed by atoms with van der Waals surface area (Å²) in [5.74, 6) is -0.748. The van der Waals surface area contributed by atoms with Crippen LogP contribution in [0, 0.1) is 10.1 Å². The van der Waals surface area contributed by atoms with Crippen LogP contribution in [0.4, 0.5) is 11.4 Å². The van der Waals surface area contributed by atoms with Crippen LogP contribution in [-0.2, 0) is 16.6 Å². The summed E-state index contributed by atoms with van der Waals surface area (Å²) in [7, 11) is 5.14. The number of carbonyl (C=O) groups excluding carboxylic acids is 2. The Kier molecular flexibility index (Phi) is 6.83. The van der Waals surface area contributed by atoms with E-state index < -0.39 is 29.4 Å². The molecule has 0 aliphatic carbocycles. The van der Waals surface area contributed by atoms with Gasteiger partial charge in [-0.2, -0.15) is 0 Å². The van der Waals surface area contributed by atoms with E-state index in [1.807, 2.05) is 37.4 Å². The number of hydrogen-bond donors (Lipinski definition) is 1. The summed E-state index contributed by atoms with van der Waals surface area (Å²) in [5, 5.41) is 14.1. The number of anilines is 1. The van der Waals surface area contributed by atoms with Crippen molar-refractivity contribution < 1.29 is 19.2 Å². The van der Waals surface area contributed by atoms with E-state index in [0.717, 1.165) is 11.6 Å². The van der Waals surface area contributed by atoms with E-state index in [1.54, 1.807) is 36.0 Å². The fourth-order valence-corrected chi connectivity index (χ4v) is 3.19. The Bertz CT molecular complexity index is 1130. The van der Waals surface area contributed by atoms with Crippen LogP contribution in [0.25, 0.3) is 0 Å². The predicted molar refractivity (Wildman–Crippen MR) is 117 cm³/mol. The molecule has 10 heteroatoms. The smallest absolute Gasteiger partial charge is 0.338 e. The maximum Gasteiger partial charge on any atom is 0.338 e. The Balaban J connectivity index is 1.71. The standard InChI is InChI=1S/C22H23N5O5/c1-25(2)17-10-9-16(13-18(17)27(30)31)22(29)32-14-19(28)24-20(15-7-5-4-6-8-15)21-23-11-12-26(21)3/h4-13,20H,14H2,1-3H3,(H,24,28). The van der Waals surface area contributed by atoms with Crippen molar-refractivity contribution in [1.82, 2.24) is 14.9 Å². The molecule has 1 heterocycles. The third-order valence-corrected chi connectivity index (χ3v) is 4.78. The largest absolute Gasteiger partial charge is 0.452 e. The highest BCUT2D eigenvalue weighted by molar-refractivity contribution is 5.93. The molecule has 1 N–H and O–H groups in total. The number of nitrogens with one attached hydrogen (secondary N) is 1. The summed E-state index contributed by atoms with van der Waals surface area (Å²) in [6.45, 7) is -0.546. The van der Waals surface area contributed by atoms with Gasteiger partial charge in [0.15, 0.2) is 6.61 Å². The lowest BCUT2D eigenvalue weighted by Crippen LogP contribution is -2.34. The first-order valence-corrected chi connectivity index (χ1v) is 9.72. The van der Waals surface area contributed by atoms with Gasteiger partial charge in [-0.05, 0) is 17.7 Å². The second-order valence-corrected chi connectivity index (χ2v) is 7.24. The number of imidazole rings is 1. The van der Waals surface area contributed by atoms with Crippen LogP contribution in [0.15, 0.2) is 60.9 Å². The van der Waals surface area contributed by atoms with Crippen molar-refractivity contribution in [3.63, 3.8) is 0 Å². The monoisotopic (exact) mass is 437 g/mol. The normalized spacial score (nSPS) is 11.5. The molecule has 0 bridgehead atoms. The number of aryl methyl sites for hydroxylation is 1. The summed E-state index contributed by atoms with van der Waals surface area (Å²) in [4.78, 5) is 41.6. The Morgan fingerprint density at radius 2 is 1.94 bits per heavy atom. The molecule has 2 aromatic carbocycles. The minimum absolute atomic E-state index is 0.0150. The van der Waals surface area contributed by atoms with Crippen LogP contribution < -0.4 is 10.2 Å². The van der Waals surface area contributed by atoms with Crippen molar-refractivity contribution in [2.45, 2.75) is 6.04 Å². The van der Waals surface area contributed by atoms with Crippen molar-refractivity contribution in [2.24, 2.45) is 7.05 Å². The summed E-state index contributed by atoms with van der Waals surface area (Å²) < 4.78 is 6.88. The number of nitrogens with zero attached hydrogens (tertiary/aromatic N) is 4. The van der Waals surface area contributed by atoms with Gasteiger partial charge < -0.3 is 19.5 Å². The lowest BCUT2D eigenvalue weighted by atomic mass is 10.1. The zero-order chi connectivity index (χ0) is 23.3. The highest BCUT2D eigenvalue weighted by Crippen LogP contribution is 2.28. The van der Waals surface area contributed by atoms with E-state index in [0.29, 0.717) is 11.5 Å². The van der Waals surface area contributed by atoms with Gasteiger partial charge in [0.2, 0.25) is 0 Å². The molecule has 1 unspecified atom stereocenters. The average Bonchev–Trinajstić information content (AvgIpc) is 3.21. The molecule has 0 aliphatic heterocycles. The topological polar surface area (TPSA) is 120 Å². The summed E-state index contributed by atoms with van der Waals surface area (Å²) in [6, 6.07) is 12.8. The molecular formula is C22H23N5O5. The van der Waals surface area contributed by atoms with Gasteiger partial charge in [0, 0.05) is 39.6 Å². The number of esters is 1. The maximum absolute atomic E-state index is 12.5. The number of nitro benzene ring substituents is 1. The fraction of sp³-hybridized carbons (Fsp3) is 0.227. The average molecular weight is 437 g/mol. The third-order valence-electron chi connectivity index (χ3n) is 4.78. The Morgan fingerprint density at radius 3 is 2.53 bits per heavy atom. The van der Waals surface area contributed by atoms with Crippen LogP contribution in [-0.4, -0.2) is 47.1 Å². The lowest BCUT2D eigenvalue weighted by molar-refractivity contribution is -0.384. The zero-order valence-corrected chi connectivity index (χ0v) is 17.9. The Morgan fingerprint density at radius 1 is 1.22 bits per heavy atom. The highest BCUT2D eigenvalue weighted by atomic mass is 16.6. The van der Waals surface area contributed by atoms with E-state index in [4.69, 9.17) is 4.74 Å². The predicted octanol–water partition coefficient (Wildman–Crippen LogP) is 2.46. The number of hydrogen-bond acceptors (Lipinski definition) is 7. The molecule has 0 saturated carbocycles. The SMILES string of the molecule is CN(C)c1ccc(C(=O)OCC(=O)NC(c2ccccc2)c2nccn2C)cc1[N+](=O)[O-]. The van der Waals surface area contributed by atoms with Crippen molar-refractivity contribution in [2.75, 3.05) is 25.6 Å². The minimum Gasteiger partial charge on any atom is -0.452 e. The number of ether oxygens (including phenoxy) is 1. The molecule has 0 fully saturated rings. The molecular weight excluding hydrogens is 414 g/mol. The number of nitro groups is 1. The molecule has 0 spiro atoms. The van der Waals surface area contributed by atoms with Gasteiger partial charge >= 0.3 is 5.97 Å². The number of aromatic nitrogens is 2. The first-order chi connectivity index (χ1) is 15.3. The van der Waals surface area contributed by atoms with Gasteiger partial charge in [-0.1, -0.05) is 30.3 Å². The first-order valence-electron chi connectivity index (χ1n) is 9.72. The zero-order valence-electron chi connectivity index (χ0n) is 17.9. The van der Waals surface area contributed by atoms with E-state index in [1.165, 1.54) is 12.1 Å². The molecule has 0 saturated heterocycles. The van der Waals surface area contributed by atoms with Crippen molar-refractivity contribution in [1.29, 1.82) is 0 Å². The molecule has 0 radical (unpaired) electrons. The van der Waals surface area contributed by atoms with Gasteiger partial charge in [0.25, 0.3) is 11.6 Å². The molecule has 0 aliphatic rings. The number of amides is 1. The van der Waals surface area contributed by atoms with Gasteiger partial charge in [0.1, 0.15) is 17.6 Å². The highest BCUT2D eigenvalue weighted by Gasteiger charge is 2.23. The van der Waals surface area contributed by atoms with Crippen LogP contribution in [0.2, 0.25) is 0 Å². The summed E-state index contributed by atoms with van der Waals surface area (Å²) >= 11 is 0. The molecule has 32 heavy (non-hydrogen) atoms. The quantitative estimate of drug-likeness (QED) is 0.326. The van der Waals surface area contributed by atoms with Crippen LogP contribution in [0.3, 0.4) is 0 Å². The van der Waals surface area contributed by atoms with Gasteiger partial charge in [-0.25, -0.2) is 9.78 Å². The summed E-state index contributed by atoms with van der Waals surface area (Å²) in [5.41, 5.74) is 0.924. The van der Waals surface area contributed by atoms with Gasteiger partial charge in [-0.3, -0.25) is 14.9 Å². The first kappa shape index (κ1) is 22.5. The molecule has 1 atom stereocenters.